The van der Waals surface area contributed by atoms with Crippen molar-refractivity contribution in [1.82, 2.24) is 19.7 Å². The van der Waals surface area contributed by atoms with Crippen molar-refractivity contribution in [3.8, 4) is 11.9 Å². The minimum Gasteiger partial charge on any atom is -0.475 e. The van der Waals surface area contributed by atoms with Crippen LogP contribution in [-0.2, 0) is 24.3 Å². The Kier molecular flexibility index (Phi) is 8.89. The molecule has 0 aliphatic carbocycles. The summed E-state index contributed by atoms with van der Waals surface area (Å²) >= 11 is 0. The molecule has 9 heteroatoms. The van der Waals surface area contributed by atoms with Crippen molar-refractivity contribution in [3.05, 3.63) is 52.6 Å². The van der Waals surface area contributed by atoms with Gasteiger partial charge in [-0.1, -0.05) is 44.2 Å². The summed E-state index contributed by atoms with van der Waals surface area (Å²) in [6, 6.07) is 12.8. The number of anilines is 1. The maximum absolute atomic E-state index is 12.9. The summed E-state index contributed by atoms with van der Waals surface area (Å²) in [5, 5.41) is 10.3. The molecule has 0 unspecified atom stereocenters. The van der Waals surface area contributed by atoms with Crippen LogP contribution in [0.4, 0.5) is 5.82 Å². The highest BCUT2D eigenvalue weighted by atomic mass is 16.5. The van der Waals surface area contributed by atoms with Crippen LogP contribution in [0.2, 0.25) is 0 Å². The number of nitrogens with two attached hydrogens (primary N) is 1. The topological polar surface area (TPSA) is 102 Å². The number of nitrogens with zero attached hydrogens (tertiary/aromatic N) is 6. The van der Waals surface area contributed by atoms with Gasteiger partial charge in [0, 0.05) is 57.4 Å². The number of piperazine rings is 1. The van der Waals surface area contributed by atoms with Crippen molar-refractivity contribution < 1.29 is 9.53 Å². The molecule has 0 spiro atoms. The van der Waals surface area contributed by atoms with Gasteiger partial charge in [-0.25, -0.2) is 0 Å². The van der Waals surface area contributed by atoms with Crippen LogP contribution >= 0.6 is 0 Å². The third-order valence-electron chi connectivity index (χ3n) is 8.76. The second-order valence-electron chi connectivity index (χ2n) is 11.8. The normalized spacial score (nSPS) is 20.9. The van der Waals surface area contributed by atoms with Crippen molar-refractivity contribution in [1.29, 1.82) is 5.26 Å². The summed E-state index contributed by atoms with van der Waals surface area (Å²) in [7, 11) is 2.13. The highest BCUT2D eigenvalue weighted by Crippen LogP contribution is 2.36. The Morgan fingerprint density at radius 2 is 1.88 bits per heavy atom. The Bertz CT molecular complexity index is 1220. The lowest BCUT2D eigenvalue weighted by Crippen LogP contribution is -2.54. The van der Waals surface area contributed by atoms with Crippen LogP contribution in [0.25, 0.3) is 0 Å². The molecule has 1 aromatic carbocycles. The summed E-state index contributed by atoms with van der Waals surface area (Å²) in [5.74, 6) is 1.47. The lowest BCUT2D eigenvalue weighted by atomic mass is 9.95. The number of carbonyl (C=O) groups is 1. The fourth-order valence-corrected chi connectivity index (χ4v) is 6.10. The predicted molar refractivity (Wildman–Crippen MR) is 156 cm³/mol. The van der Waals surface area contributed by atoms with E-state index in [0.717, 1.165) is 55.8 Å². The molecular formula is C31H43N7O2. The Morgan fingerprint density at radius 1 is 1.12 bits per heavy atom. The summed E-state index contributed by atoms with van der Waals surface area (Å²) < 4.78 is 6.35. The molecule has 2 saturated heterocycles. The van der Waals surface area contributed by atoms with Crippen LogP contribution in [-0.4, -0.2) is 90.6 Å². The van der Waals surface area contributed by atoms with Gasteiger partial charge in [0.1, 0.15) is 24.1 Å². The van der Waals surface area contributed by atoms with E-state index in [4.69, 9.17) is 15.5 Å². The molecule has 1 amide bonds. The van der Waals surface area contributed by atoms with Crippen LogP contribution in [0.3, 0.4) is 0 Å². The minimum atomic E-state index is -0.475. The smallest absolute Gasteiger partial charge is 0.239 e. The first-order valence-corrected chi connectivity index (χ1v) is 14.7. The quantitative estimate of drug-likeness (QED) is 0.540. The summed E-state index contributed by atoms with van der Waals surface area (Å²) in [6.45, 7) is 10.6. The Balaban J connectivity index is 1.41. The number of fused-ring (bicyclic) bond motifs is 1. The first kappa shape index (κ1) is 28.3. The van der Waals surface area contributed by atoms with E-state index in [0.29, 0.717) is 56.8 Å². The number of hydrogen-bond donors (Lipinski definition) is 1. The largest absolute Gasteiger partial charge is 0.475 e. The predicted octanol–water partition coefficient (Wildman–Crippen LogP) is 2.62. The van der Waals surface area contributed by atoms with Crippen molar-refractivity contribution in [2.24, 2.45) is 11.7 Å². The van der Waals surface area contributed by atoms with E-state index in [9.17, 15) is 10.1 Å². The molecule has 0 bridgehead atoms. The van der Waals surface area contributed by atoms with E-state index in [2.05, 4.69) is 52.1 Å². The van der Waals surface area contributed by atoms with Gasteiger partial charge in [-0.2, -0.15) is 10.2 Å². The SMILES string of the molecule is CC(C)[C@@H](N)C(=O)N1CCN(c2nc(OC[C@@H]3CCCN3C)c(C#N)c3c2CCN(Cc2ccccc2)C3)CC1. The zero-order valence-corrected chi connectivity index (χ0v) is 24.2. The molecule has 3 aliphatic heterocycles. The zero-order valence-electron chi connectivity index (χ0n) is 24.2. The second-order valence-corrected chi connectivity index (χ2v) is 11.8. The van der Waals surface area contributed by atoms with Gasteiger partial charge < -0.3 is 25.2 Å². The summed E-state index contributed by atoms with van der Waals surface area (Å²) in [4.78, 5) is 26.8. The van der Waals surface area contributed by atoms with Gasteiger partial charge >= 0.3 is 0 Å². The Hall–Kier alpha value is -3.19. The number of aromatic nitrogens is 1. The number of benzene rings is 1. The molecule has 5 rings (SSSR count). The van der Waals surface area contributed by atoms with E-state index in [1.165, 1.54) is 5.56 Å². The number of nitriles is 1. The number of rotatable bonds is 8. The molecule has 40 heavy (non-hydrogen) atoms. The molecule has 2 aromatic rings. The van der Waals surface area contributed by atoms with Crippen molar-refractivity contribution in [3.63, 3.8) is 0 Å². The van der Waals surface area contributed by atoms with Gasteiger partial charge in [0.25, 0.3) is 0 Å². The molecule has 0 saturated carbocycles. The van der Waals surface area contributed by atoms with Crippen LogP contribution in [0.1, 0.15) is 48.9 Å². The standard InChI is InChI=1S/C31H43N7O2/c1-22(2)28(33)31(39)38-16-14-37(15-17-38)29-25-11-13-36(19-23-8-5-4-6-9-23)20-27(25)26(18-32)30(34-29)40-21-24-10-7-12-35(24)3/h4-6,8-9,22,24,28H,7,10-17,19-21,33H2,1-3H3/t24-,28+/m0/s1. The first-order chi connectivity index (χ1) is 19.4. The number of ether oxygens (including phenoxy) is 1. The number of pyridine rings is 1. The first-order valence-electron chi connectivity index (χ1n) is 14.7. The minimum absolute atomic E-state index is 0.0192. The van der Waals surface area contributed by atoms with E-state index in [1.54, 1.807) is 0 Å². The monoisotopic (exact) mass is 545 g/mol. The molecular weight excluding hydrogens is 502 g/mol. The lowest BCUT2D eigenvalue weighted by Gasteiger charge is -2.39. The van der Waals surface area contributed by atoms with E-state index in [-0.39, 0.29) is 11.8 Å². The van der Waals surface area contributed by atoms with Crippen LogP contribution < -0.4 is 15.4 Å². The summed E-state index contributed by atoms with van der Waals surface area (Å²) in [5.41, 5.74) is 10.2. The molecule has 9 nitrogen and oxygen atoms in total. The van der Waals surface area contributed by atoms with Crippen molar-refractivity contribution in [2.75, 3.05) is 57.8 Å². The maximum atomic E-state index is 12.9. The number of likely N-dealkylation sites (N-methyl/N-ethyl adjacent to an activating group) is 1. The highest BCUT2D eigenvalue weighted by Gasteiger charge is 2.32. The molecule has 4 heterocycles. The molecule has 2 fully saturated rings. The third-order valence-corrected chi connectivity index (χ3v) is 8.76. The Labute approximate surface area is 238 Å². The van der Waals surface area contributed by atoms with Gasteiger partial charge in [0.2, 0.25) is 11.8 Å². The van der Waals surface area contributed by atoms with Crippen molar-refractivity contribution >= 4 is 11.7 Å². The van der Waals surface area contributed by atoms with Gasteiger partial charge in [-0.3, -0.25) is 9.69 Å². The number of amides is 1. The fourth-order valence-electron chi connectivity index (χ4n) is 6.10. The van der Waals surface area contributed by atoms with E-state index >= 15 is 0 Å². The molecule has 0 radical (unpaired) electrons. The number of carbonyl (C=O) groups excluding carboxylic acids is 1. The van der Waals surface area contributed by atoms with Crippen molar-refractivity contribution in [2.45, 2.75) is 58.3 Å². The second kappa shape index (κ2) is 12.5. The molecule has 214 valence electrons. The Morgan fingerprint density at radius 3 is 2.52 bits per heavy atom. The average molecular weight is 546 g/mol. The molecule has 1 aromatic heterocycles. The van der Waals surface area contributed by atoms with Gasteiger partial charge in [-0.05, 0) is 49.9 Å². The third kappa shape index (κ3) is 6.09. The highest BCUT2D eigenvalue weighted by molar-refractivity contribution is 5.82. The van der Waals surface area contributed by atoms with E-state index < -0.39 is 6.04 Å². The molecule has 2 N–H and O–H groups in total. The van der Waals surface area contributed by atoms with Gasteiger partial charge in [0.05, 0.1) is 6.04 Å². The zero-order chi connectivity index (χ0) is 28.2. The van der Waals surface area contributed by atoms with Crippen LogP contribution in [0.5, 0.6) is 5.88 Å². The number of hydrogen-bond acceptors (Lipinski definition) is 8. The average Bonchev–Trinajstić information content (AvgIpc) is 3.39. The van der Waals surface area contributed by atoms with Crippen LogP contribution in [0, 0.1) is 17.2 Å². The van der Waals surface area contributed by atoms with Crippen LogP contribution in [0.15, 0.2) is 30.3 Å². The van der Waals surface area contributed by atoms with Gasteiger partial charge in [0.15, 0.2) is 0 Å². The maximum Gasteiger partial charge on any atom is 0.239 e. The number of likely N-dealkylation sites (tertiary alicyclic amines) is 1. The summed E-state index contributed by atoms with van der Waals surface area (Å²) in [6.07, 6.45) is 3.08. The van der Waals surface area contributed by atoms with E-state index in [1.807, 2.05) is 24.8 Å². The van der Waals surface area contributed by atoms with Gasteiger partial charge in [-0.15, -0.1) is 0 Å². The fraction of sp³-hybridized carbons (Fsp3) is 0.581. The molecule has 2 atom stereocenters. The lowest BCUT2D eigenvalue weighted by molar-refractivity contribution is -0.133. The molecule has 3 aliphatic rings.